The number of carbonyl (C=O) groups is 2. The first kappa shape index (κ1) is 14.0. The Bertz CT molecular complexity index is 275. The second-order valence-electron chi connectivity index (χ2n) is 4.74. The highest BCUT2D eigenvalue weighted by molar-refractivity contribution is 5.80. The van der Waals surface area contributed by atoms with Gasteiger partial charge in [-0.2, -0.15) is 0 Å². The number of aliphatic carboxylic acids is 1. The second-order valence-corrected chi connectivity index (χ2v) is 4.74. The minimum absolute atomic E-state index is 0.0231. The van der Waals surface area contributed by atoms with Crippen molar-refractivity contribution >= 4 is 11.9 Å². The van der Waals surface area contributed by atoms with Crippen molar-refractivity contribution in [1.82, 2.24) is 10.2 Å². The second kappa shape index (κ2) is 6.59. The summed E-state index contributed by atoms with van der Waals surface area (Å²) in [7, 11) is 1.81. The molecule has 98 valence electrons. The minimum atomic E-state index is -0.932. The molecular formula is C12H22N2O3. The lowest BCUT2D eigenvalue weighted by Crippen LogP contribution is -2.46. The predicted octanol–water partition coefficient (Wildman–Crippen LogP) is 0.840. The monoisotopic (exact) mass is 242 g/mol. The van der Waals surface area contributed by atoms with Gasteiger partial charge in [-0.05, 0) is 19.8 Å². The van der Waals surface area contributed by atoms with E-state index in [1.807, 2.05) is 7.05 Å². The summed E-state index contributed by atoms with van der Waals surface area (Å²) in [6, 6.07) is -0.350. The summed E-state index contributed by atoms with van der Waals surface area (Å²) in [6.07, 6.45) is 5.75. The van der Waals surface area contributed by atoms with E-state index in [1.54, 1.807) is 4.90 Å². The molecule has 1 fully saturated rings. The Labute approximate surface area is 102 Å². The Morgan fingerprint density at radius 1 is 1.35 bits per heavy atom. The summed E-state index contributed by atoms with van der Waals surface area (Å²) >= 11 is 0. The zero-order chi connectivity index (χ0) is 12.8. The third-order valence-corrected chi connectivity index (χ3v) is 3.45. The molecule has 0 spiro atoms. The van der Waals surface area contributed by atoms with E-state index >= 15 is 0 Å². The molecule has 0 aliphatic heterocycles. The Kier molecular flexibility index (Phi) is 5.41. The number of carboxylic acid groups (broad SMARTS) is 1. The van der Waals surface area contributed by atoms with Gasteiger partial charge >= 0.3 is 5.97 Å². The van der Waals surface area contributed by atoms with E-state index in [0.717, 1.165) is 12.8 Å². The third-order valence-electron chi connectivity index (χ3n) is 3.45. The van der Waals surface area contributed by atoms with Crippen LogP contribution in [0.1, 0.15) is 39.0 Å². The van der Waals surface area contributed by atoms with E-state index in [1.165, 1.54) is 26.2 Å². The highest BCUT2D eigenvalue weighted by atomic mass is 16.4. The number of nitrogens with zero attached hydrogens (tertiary/aromatic N) is 1. The molecule has 0 radical (unpaired) electrons. The van der Waals surface area contributed by atoms with Crippen LogP contribution in [0.2, 0.25) is 0 Å². The molecule has 5 heteroatoms. The molecule has 1 saturated carbocycles. The molecule has 5 nitrogen and oxygen atoms in total. The van der Waals surface area contributed by atoms with E-state index in [9.17, 15) is 9.59 Å². The number of rotatable bonds is 5. The topological polar surface area (TPSA) is 69.6 Å². The Morgan fingerprint density at radius 3 is 2.47 bits per heavy atom. The molecule has 1 amide bonds. The van der Waals surface area contributed by atoms with Gasteiger partial charge in [0.15, 0.2) is 0 Å². The van der Waals surface area contributed by atoms with Crippen molar-refractivity contribution in [3.63, 3.8) is 0 Å². The van der Waals surface area contributed by atoms with Crippen LogP contribution >= 0.6 is 0 Å². The van der Waals surface area contributed by atoms with Crippen molar-refractivity contribution in [3.8, 4) is 0 Å². The van der Waals surface area contributed by atoms with Crippen LogP contribution in [0.25, 0.3) is 0 Å². The molecular weight excluding hydrogens is 220 g/mol. The van der Waals surface area contributed by atoms with Crippen molar-refractivity contribution in [3.05, 3.63) is 0 Å². The molecule has 0 saturated heterocycles. The number of carbonyl (C=O) groups excluding carboxylic acids is 1. The zero-order valence-electron chi connectivity index (χ0n) is 10.6. The molecule has 17 heavy (non-hydrogen) atoms. The van der Waals surface area contributed by atoms with Gasteiger partial charge < -0.3 is 10.0 Å². The fourth-order valence-electron chi connectivity index (χ4n) is 2.12. The van der Waals surface area contributed by atoms with Crippen LogP contribution in [0.5, 0.6) is 0 Å². The molecule has 1 unspecified atom stereocenters. The van der Waals surface area contributed by atoms with Crippen LogP contribution in [0.3, 0.4) is 0 Å². The number of nitrogens with one attached hydrogen (secondary N) is 1. The maximum absolute atomic E-state index is 11.8. The van der Waals surface area contributed by atoms with Crippen LogP contribution < -0.4 is 5.32 Å². The Morgan fingerprint density at radius 2 is 1.94 bits per heavy atom. The summed E-state index contributed by atoms with van der Waals surface area (Å²) in [5.41, 5.74) is 0. The van der Waals surface area contributed by atoms with Crippen molar-refractivity contribution in [2.45, 2.75) is 51.1 Å². The van der Waals surface area contributed by atoms with Gasteiger partial charge in [-0.1, -0.05) is 19.3 Å². The Hall–Kier alpha value is -1.10. The van der Waals surface area contributed by atoms with Gasteiger partial charge in [0.1, 0.15) is 6.04 Å². The maximum Gasteiger partial charge on any atom is 0.320 e. The lowest BCUT2D eigenvalue weighted by atomic mass is 9.94. The summed E-state index contributed by atoms with van der Waals surface area (Å²) in [5, 5.41) is 11.4. The Balaban J connectivity index is 2.33. The SMILES string of the molecule is CC(NCC(=O)N(C)C1CCCCC1)C(=O)O. The molecule has 1 aliphatic rings. The molecule has 0 heterocycles. The quantitative estimate of drug-likeness (QED) is 0.749. The standard InChI is InChI=1S/C12H22N2O3/c1-9(12(16)17)13-8-11(15)14(2)10-6-4-3-5-7-10/h9-10,13H,3-8H2,1-2H3,(H,16,17). The van der Waals surface area contributed by atoms with Gasteiger partial charge in [0.25, 0.3) is 0 Å². The fraction of sp³-hybridized carbons (Fsp3) is 0.833. The number of carboxylic acids is 1. The smallest absolute Gasteiger partial charge is 0.320 e. The summed E-state index contributed by atoms with van der Waals surface area (Å²) < 4.78 is 0. The molecule has 1 atom stereocenters. The summed E-state index contributed by atoms with van der Waals surface area (Å²) in [4.78, 5) is 24.2. The first-order valence-electron chi connectivity index (χ1n) is 6.24. The molecule has 1 aliphatic carbocycles. The molecule has 0 aromatic rings. The lowest BCUT2D eigenvalue weighted by molar-refractivity contribution is -0.139. The van der Waals surface area contributed by atoms with Gasteiger partial charge in [-0.25, -0.2) is 0 Å². The van der Waals surface area contributed by atoms with Crippen LogP contribution in [-0.4, -0.2) is 47.6 Å². The van der Waals surface area contributed by atoms with Crippen LogP contribution in [0.4, 0.5) is 0 Å². The van der Waals surface area contributed by atoms with E-state index in [-0.39, 0.29) is 12.5 Å². The number of likely N-dealkylation sites (N-methyl/N-ethyl adjacent to an activating group) is 1. The largest absolute Gasteiger partial charge is 0.480 e. The first-order chi connectivity index (χ1) is 8.02. The van der Waals surface area contributed by atoms with Crippen molar-refractivity contribution in [2.24, 2.45) is 0 Å². The van der Waals surface area contributed by atoms with E-state index in [0.29, 0.717) is 6.04 Å². The molecule has 1 rings (SSSR count). The highest BCUT2D eigenvalue weighted by Gasteiger charge is 2.22. The van der Waals surface area contributed by atoms with E-state index in [2.05, 4.69) is 5.32 Å². The average Bonchev–Trinajstić information content (AvgIpc) is 2.35. The summed E-state index contributed by atoms with van der Waals surface area (Å²) in [5.74, 6) is -0.955. The minimum Gasteiger partial charge on any atom is -0.480 e. The van der Waals surface area contributed by atoms with Crippen LogP contribution in [0, 0.1) is 0 Å². The van der Waals surface area contributed by atoms with E-state index < -0.39 is 12.0 Å². The van der Waals surface area contributed by atoms with Gasteiger partial charge in [-0.15, -0.1) is 0 Å². The molecule has 0 aromatic heterocycles. The first-order valence-corrected chi connectivity index (χ1v) is 6.24. The van der Waals surface area contributed by atoms with Crippen molar-refractivity contribution in [2.75, 3.05) is 13.6 Å². The lowest BCUT2D eigenvalue weighted by Gasteiger charge is -2.31. The normalized spacial score (nSPS) is 18.7. The van der Waals surface area contributed by atoms with Gasteiger partial charge in [0.2, 0.25) is 5.91 Å². The fourth-order valence-corrected chi connectivity index (χ4v) is 2.12. The molecule has 0 aromatic carbocycles. The van der Waals surface area contributed by atoms with Gasteiger partial charge in [-0.3, -0.25) is 14.9 Å². The highest BCUT2D eigenvalue weighted by Crippen LogP contribution is 2.21. The zero-order valence-corrected chi connectivity index (χ0v) is 10.6. The van der Waals surface area contributed by atoms with E-state index in [4.69, 9.17) is 5.11 Å². The number of hydrogen-bond donors (Lipinski definition) is 2. The predicted molar refractivity (Wildman–Crippen MR) is 64.7 cm³/mol. The molecule has 2 N–H and O–H groups in total. The number of hydrogen-bond acceptors (Lipinski definition) is 3. The maximum atomic E-state index is 11.8. The van der Waals surface area contributed by atoms with Gasteiger partial charge in [0.05, 0.1) is 6.54 Å². The van der Waals surface area contributed by atoms with Crippen molar-refractivity contribution < 1.29 is 14.7 Å². The molecule has 0 bridgehead atoms. The third kappa shape index (κ3) is 4.34. The number of amides is 1. The van der Waals surface area contributed by atoms with Crippen LogP contribution in [0.15, 0.2) is 0 Å². The van der Waals surface area contributed by atoms with Crippen LogP contribution in [-0.2, 0) is 9.59 Å². The van der Waals surface area contributed by atoms with Gasteiger partial charge in [0, 0.05) is 13.1 Å². The summed E-state index contributed by atoms with van der Waals surface area (Å²) in [6.45, 7) is 1.64. The van der Waals surface area contributed by atoms with Crippen molar-refractivity contribution in [1.29, 1.82) is 0 Å². The average molecular weight is 242 g/mol.